The standard InChI is InChI=1S/C7H5N3O2/c11-8-4-5-1-2-6-7(3-5)10-12-9-6/h1-4,11H/b8-4-. The van der Waals surface area contributed by atoms with Crippen LogP contribution in [0.2, 0.25) is 0 Å². The lowest BCUT2D eigenvalue weighted by molar-refractivity contribution is 0.315. The molecule has 0 spiro atoms. The maximum Gasteiger partial charge on any atom is 0.135 e. The molecule has 0 fully saturated rings. The lowest BCUT2D eigenvalue weighted by atomic mass is 10.2. The molecule has 2 rings (SSSR count). The fourth-order valence-electron chi connectivity index (χ4n) is 0.946. The third-order valence-corrected chi connectivity index (χ3v) is 1.48. The Kier molecular flexibility index (Phi) is 1.48. The van der Waals surface area contributed by atoms with Gasteiger partial charge >= 0.3 is 0 Å². The SMILES string of the molecule is O/N=C\c1ccc2nonc2c1. The van der Waals surface area contributed by atoms with Gasteiger partial charge in [-0.25, -0.2) is 4.63 Å². The van der Waals surface area contributed by atoms with Crippen LogP contribution in [0.15, 0.2) is 28.0 Å². The second kappa shape index (κ2) is 2.61. The Morgan fingerprint density at radius 2 is 2.17 bits per heavy atom. The number of hydrogen-bond donors (Lipinski definition) is 1. The van der Waals surface area contributed by atoms with Crippen LogP contribution >= 0.6 is 0 Å². The van der Waals surface area contributed by atoms with Gasteiger partial charge in [0, 0.05) is 0 Å². The van der Waals surface area contributed by atoms with Gasteiger partial charge in [0.05, 0.1) is 6.21 Å². The summed E-state index contributed by atoms with van der Waals surface area (Å²) < 4.78 is 4.49. The first-order chi connectivity index (χ1) is 5.90. The molecule has 2 aromatic rings. The van der Waals surface area contributed by atoms with Crippen molar-refractivity contribution in [2.75, 3.05) is 0 Å². The van der Waals surface area contributed by atoms with E-state index in [4.69, 9.17) is 5.21 Å². The van der Waals surface area contributed by atoms with Crippen LogP contribution in [0.25, 0.3) is 11.0 Å². The third kappa shape index (κ3) is 1.01. The summed E-state index contributed by atoms with van der Waals surface area (Å²) in [5.41, 5.74) is 2.08. The van der Waals surface area contributed by atoms with Gasteiger partial charge in [0.15, 0.2) is 0 Å². The fraction of sp³-hybridized carbons (Fsp3) is 0. The first-order valence-corrected chi connectivity index (χ1v) is 3.30. The highest BCUT2D eigenvalue weighted by molar-refractivity contribution is 5.86. The monoisotopic (exact) mass is 163 g/mol. The second-order valence-electron chi connectivity index (χ2n) is 2.26. The van der Waals surface area contributed by atoms with E-state index in [1.54, 1.807) is 18.2 Å². The smallest absolute Gasteiger partial charge is 0.135 e. The minimum absolute atomic E-state index is 0.646. The molecular weight excluding hydrogens is 158 g/mol. The number of benzene rings is 1. The Bertz CT molecular complexity index is 421. The van der Waals surface area contributed by atoms with Gasteiger partial charge in [-0.2, -0.15) is 0 Å². The summed E-state index contributed by atoms with van der Waals surface area (Å²) in [4.78, 5) is 0. The summed E-state index contributed by atoms with van der Waals surface area (Å²) >= 11 is 0. The third-order valence-electron chi connectivity index (χ3n) is 1.48. The van der Waals surface area contributed by atoms with Crippen LogP contribution in [0.1, 0.15) is 5.56 Å². The molecule has 5 nitrogen and oxygen atoms in total. The van der Waals surface area contributed by atoms with Crippen LogP contribution in [-0.4, -0.2) is 21.7 Å². The van der Waals surface area contributed by atoms with E-state index in [0.29, 0.717) is 11.0 Å². The van der Waals surface area contributed by atoms with Gasteiger partial charge in [-0.15, -0.1) is 0 Å². The van der Waals surface area contributed by atoms with Gasteiger partial charge in [-0.05, 0) is 28.0 Å². The Labute approximate surface area is 67.3 Å². The Morgan fingerprint density at radius 1 is 1.33 bits per heavy atom. The molecule has 0 saturated carbocycles. The van der Waals surface area contributed by atoms with Gasteiger partial charge in [0.25, 0.3) is 0 Å². The molecule has 60 valence electrons. The van der Waals surface area contributed by atoms with E-state index in [2.05, 4.69) is 20.1 Å². The minimum atomic E-state index is 0.646. The molecule has 0 bridgehead atoms. The lowest BCUT2D eigenvalue weighted by Crippen LogP contribution is -1.80. The molecule has 0 amide bonds. The maximum absolute atomic E-state index is 8.25. The predicted molar refractivity (Wildman–Crippen MR) is 41.2 cm³/mol. The van der Waals surface area contributed by atoms with E-state index in [-0.39, 0.29) is 0 Å². The molecule has 1 aromatic carbocycles. The number of nitrogens with zero attached hydrogens (tertiary/aromatic N) is 3. The molecule has 5 heteroatoms. The van der Waals surface area contributed by atoms with Gasteiger partial charge in [0.1, 0.15) is 11.0 Å². The number of rotatable bonds is 1. The van der Waals surface area contributed by atoms with E-state index >= 15 is 0 Å². The van der Waals surface area contributed by atoms with Crippen LogP contribution in [-0.2, 0) is 0 Å². The van der Waals surface area contributed by atoms with Gasteiger partial charge < -0.3 is 5.21 Å². The Morgan fingerprint density at radius 3 is 3.00 bits per heavy atom. The summed E-state index contributed by atoms with van der Waals surface area (Å²) in [6.45, 7) is 0. The number of hydrogen-bond acceptors (Lipinski definition) is 5. The van der Waals surface area contributed by atoms with Crippen LogP contribution in [0.5, 0.6) is 0 Å². The van der Waals surface area contributed by atoms with Crippen LogP contribution < -0.4 is 0 Å². The highest BCUT2D eigenvalue weighted by atomic mass is 16.6. The highest BCUT2D eigenvalue weighted by Gasteiger charge is 1.98. The van der Waals surface area contributed by atoms with Crippen molar-refractivity contribution in [3.8, 4) is 0 Å². The van der Waals surface area contributed by atoms with Crippen molar-refractivity contribution in [1.29, 1.82) is 0 Å². The van der Waals surface area contributed by atoms with Crippen molar-refractivity contribution >= 4 is 17.2 Å². The molecule has 0 aliphatic rings. The predicted octanol–water partition coefficient (Wildman–Crippen LogP) is 1.03. The zero-order valence-corrected chi connectivity index (χ0v) is 6.01. The van der Waals surface area contributed by atoms with E-state index in [1.807, 2.05) is 0 Å². The summed E-state index contributed by atoms with van der Waals surface area (Å²) in [5.74, 6) is 0. The summed E-state index contributed by atoms with van der Waals surface area (Å²) in [7, 11) is 0. The molecule has 0 aliphatic carbocycles. The largest absolute Gasteiger partial charge is 0.411 e. The van der Waals surface area contributed by atoms with Crippen LogP contribution in [0.3, 0.4) is 0 Å². The second-order valence-corrected chi connectivity index (χ2v) is 2.26. The fourth-order valence-corrected chi connectivity index (χ4v) is 0.946. The lowest BCUT2D eigenvalue weighted by Gasteiger charge is -1.87. The van der Waals surface area contributed by atoms with E-state index in [1.165, 1.54) is 6.21 Å². The highest BCUT2D eigenvalue weighted by Crippen LogP contribution is 2.09. The van der Waals surface area contributed by atoms with E-state index < -0.39 is 0 Å². The Balaban J connectivity index is 2.60. The molecule has 12 heavy (non-hydrogen) atoms. The first-order valence-electron chi connectivity index (χ1n) is 3.30. The quantitative estimate of drug-likeness (QED) is 0.387. The minimum Gasteiger partial charge on any atom is -0.411 e. The molecular formula is C7H5N3O2. The molecule has 0 saturated heterocycles. The molecule has 0 radical (unpaired) electrons. The first kappa shape index (κ1) is 6.78. The van der Waals surface area contributed by atoms with Gasteiger partial charge in [0.2, 0.25) is 0 Å². The van der Waals surface area contributed by atoms with Crippen molar-refractivity contribution in [1.82, 2.24) is 10.3 Å². The van der Waals surface area contributed by atoms with Crippen LogP contribution in [0.4, 0.5) is 0 Å². The normalized spacial score (nSPS) is 11.3. The zero-order chi connectivity index (χ0) is 8.39. The molecule has 0 aliphatic heterocycles. The van der Waals surface area contributed by atoms with E-state index in [0.717, 1.165) is 5.56 Å². The average molecular weight is 163 g/mol. The van der Waals surface area contributed by atoms with E-state index in [9.17, 15) is 0 Å². The molecule has 1 heterocycles. The van der Waals surface area contributed by atoms with Gasteiger partial charge in [-0.1, -0.05) is 11.2 Å². The van der Waals surface area contributed by atoms with Crippen molar-refractivity contribution in [2.45, 2.75) is 0 Å². The molecule has 1 N–H and O–H groups in total. The van der Waals surface area contributed by atoms with Crippen molar-refractivity contribution in [3.63, 3.8) is 0 Å². The topological polar surface area (TPSA) is 71.5 Å². The van der Waals surface area contributed by atoms with Crippen molar-refractivity contribution < 1.29 is 9.84 Å². The number of oxime groups is 1. The van der Waals surface area contributed by atoms with Crippen molar-refractivity contribution in [2.24, 2.45) is 5.16 Å². The molecule has 1 aromatic heterocycles. The average Bonchev–Trinajstić information content (AvgIpc) is 2.51. The number of aromatic nitrogens is 2. The van der Waals surface area contributed by atoms with Crippen molar-refractivity contribution in [3.05, 3.63) is 23.8 Å². The summed E-state index contributed by atoms with van der Waals surface area (Å²) in [5, 5.41) is 18.4. The van der Waals surface area contributed by atoms with Gasteiger partial charge in [-0.3, -0.25) is 0 Å². The number of fused-ring (bicyclic) bond motifs is 1. The Hall–Kier alpha value is -1.91. The zero-order valence-electron chi connectivity index (χ0n) is 6.01. The van der Waals surface area contributed by atoms with Crippen LogP contribution in [0, 0.1) is 0 Å². The summed E-state index contributed by atoms with van der Waals surface area (Å²) in [6.07, 6.45) is 1.31. The molecule has 0 atom stereocenters. The summed E-state index contributed by atoms with van der Waals surface area (Å²) in [6, 6.07) is 5.21. The maximum atomic E-state index is 8.25. The molecule has 0 unspecified atom stereocenters.